The van der Waals surface area contributed by atoms with Crippen molar-refractivity contribution in [3.05, 3.63) is 29.3 Å². The number of hydrogen-bond donors (Lipinski definition) is 1. The Hall–Kier alpha value is -1.02. The minimum absolute atomic E-state index is 0.715. The van der Waals surface area contributed by atoms with Gasteiger partial charge in [0.15, 0.2) is 0 Å². The van der Waals surface area contributed by atoms with E-state index in [-0.39, 0.29) is 0 Å². The van der Waals surface area contributed by atoms with Crippen LogP contribution >= 0.6 is 0 Å². The molecule has 1 fully saturated rings. The maximum atomic E-state index is 5.35. The molecule has 2 atom stereocenters. The first-order valence-electron chi connectivity index (χ1n) is 6.26. The number of fused-ring (bicyclic) bond motifs is 3. The molecule has 0 saturated carbocycles. The highest BCUT2D eigenvalue weighted by Crippen LogP contribution is 2.38. The molecule has 1 N–H and O–H groups in total. The van der Waals surface area contributed by atoms with Gasteiger partial charge in [0.25, 0.3) is 0 Å². The van der Waals surface area contributed by atoms with Crippen molar-refractivity contribution in [1.82, 2.24) is 5.32 Å². The molecule has 0 bridgehead atoms. The maximum Gasteiger partial charge on any atom is 0.119 e. The molecule has 86 valence electrons. The molecule has 0 aromatic heterocycles. The average molecular weight is 217 g/mol. The maximum absolute atomic E-state index is 5.35. The van der Waals surface area contributed by atoms with Crippen LogP contribution in [0.2, 0.25) is 0 Å². The Morgan fingerprint density at radius 2 is 2.25 bits per heavy atom. The summed E-state index contributed by atoms with van der Waals surface area (Å²) < 4.78 is 5.35. The van der Waals surface area contributed by atoms with Gasteiger partial charge in [-0.05, 0) is 55.0 Å². The Morgan fingerprint density at radius 3 is 3.12 bits per heavy atom. The van der Waals surface area contributed by atoms with E-state index in [0.29, 0.717) is 5.92 Å². The molecule has 1 aromatic carbocycles. The van der Waals surface area contributed by atoms with Gasteiger partial charge in [0.05, 0.1) is 7.11 Å². The first-order chi connectivity index (χ1) is 7.88. The fourth-order valence-corrected chi connectivity index (χ4v) is 3.23. The lowest BCUT2D eigenvalue weighted by Crippen LogP contribution is -2.09. The van der Waals surface area contributed by atoms with Crippen LogP contribution in [0.15, 0.2) is 18.2 Å². The zero-order valence-corrected chi connectivity index (χ0v) is 9.83. The highest BCUT2D eigenvalue weighted by molar-refractivity contribution is 5.40. The smallest absolute Gasteiger partial charge is 0.119 e. The Morgan fingerprint density at radius 1 is 1.31 bits per heavy atom. The van der Waals surface area contributed by atoms with Crippen LogP contribution in [0, 0.1) is 5.92 Å². The molecule has 0 spiro atoms. The van der Waals surface area contributed by atoms with E-state index in [4.69, 9.17) is 4.74 Å². The first kappa shape index (κ1) is 10.2. The number of hydrogen-bond acceptors (Lipinski definition) is 2. The standard InChI is InChI=1S/C14H19NO/c1-16-12-6-5-10-3-2-4-11-8-15-9-14(11)13(10)7-12/h5-7,11,14-15H,2-4,8-9H2,1H3/t11-,14-/m1/s1. The average Bonchev–Trinajstić information content (AvgIpc) is 2.71. The second kappa shape index (κ2) is 4.10. The van der Waals surface area contributed by atoms with Gasteiger partial charge in [-0.1, -0.05) is 6.07 Å². The molecule has 2 aliphatic rings. The van der Waals surface area contributed by atoms with Crippen molar-refractivity contribution < 1.29 is 4.74 Å². The SMILES string of the molecule is COc1ccc2c(c1)[C@@H]1CNC[C@H]1CCC2. The number of rotatable bonds is 1. The van der Waals surface area contributed by atoms with Crippen LogP contribution in [0.5, 0.6) is 5.75 Å². The normalized spacial score (nSPS) is 28.1. The molecule has 1 aliphatic carbocycles. The monoisotopic (exact) mass is 217 g/mol. The van der Waals surface area contributed by atoms with E-state index >= 15 is 0 Å². The van der Waals surface area contributed by atoms with Gasteiger partial charge in [-0.3, -0.25) is 0 Å². The summed E-state index contributed by atoms with van der Waals surface area (Å²) >= 11 is 0. The van der Waals surface area contributed by atoms with E-state index in [1.54, 1.807) is 7.11 Å². The third-order valence-corrected chi connectivity index (χ3v) is 4.11. The fraction of sp³-hybridized carbons (Fsp3) is 0.571. The van der Waals surface area contributed by atoms with Gasteiger partial charge in [0.1, 0.15) is 5.75 Å². The zero-order valence-electron chi connectivity index (χ0n) is 9.83. The van der Waals surface area contributed by atoms with Gasteiger partial charge in [-0.15, -0.1) is 0 Å². The summed E-state index contributed by atoms with van der Waals surface area (Å²) in [5.74, 6) is 2.56. The number of methoxy groups -OCH3 is 1. The van der Waals surface area contributed by atoms with Crippen LogP contribution in [0.4, 0.5) is 0 Å². The third kappa shape index (κ3) is 1.61. The van der Waals surface area contributed by atoms with Crippen molar-refractivity contribution in [3.63, 3.8) is 0 Å². The van der Waals surface area contributed by atoms with Gasteiger partial charge in [0, 0.05) is 12.5 Å². The predicted molar refractivity (Wildman–Crippen MR) is 65.0 cm³/mol. The van der Waals surface area contributed by atoms with Crippen LogP contribution in [-0.2, 0) is 6.42 Å². The van der Waals surface area contributed by atoms with Gasteiger partial charge >= 0.3 is 0 Å². The van der Waals surface area contributed by atoms with Crippen LogP contribution in [0.1, 0.15) is 29.9 Å². The number of nitrogens with one attached hydrogen (secondary N) is 1. The van der Waals surface area contributed by atoms with E-state index in [1.807, 2.05) is 0 Å². The Bertz CT molecular complexity index is 388. The summed E-state index contributed by atoms with van der Waals surface area (Å²) in [7, 11) is 1.75. The van der Waals surface area contributed by atoms with Crippen LogP contribution in [0.3, 0.4) is 0 Å². The minimum Gasteiger partial charge on any atom is -0.497 e. The quantitative estimate of drug-likeness (QED) is 0.779. The largest absolute Gasteiger partial charge is 0.497 e. The lowest BCUT2D eigenvalue weighted by molar-refractivity contribution is 0.412. The summed E-state index contributed by atoms with van der Waals surface area (Å²) in [5.41, 5.74) is 3.07. The van der Waals surface area contributed by atoms with Crippen molar-refractivity contribution in [2.45, 2.75) is 25.2 Å². The van der Waals surface area contributed by atoms with E-state index in [0.717, 1.165) is 18.2 Å². The molecule has 0 unspecified atom stereocenters. The first-order valence-corrected chi connectivity index (χ1v) is 6.26. The molecule has 3 rings (SSSR count). The lowest BCUT2D eigenvalue weighted by Gasteiger charge is -2.18. The van der Waals surface area contributed by atoms with Gasteiger partial charge in [-0.2, -0.15) is 0 Å². The van der Waals surface area contributed by atoms with Crippen molar-refractivity contribution >= 4 is 0 Å². The summed E-state index contributed by atoms with van der Waals surface area (Å²) in [5, 5.41) is 3.53. The Kier molecular flexibility index (Phi) is 2.60. The van der Waals surface area contributed by atoms with Gasteiger partial charge in [-0.25, -0.2) is 0 Å². The lowest BCUT2D eigenvalue weighted by atomic mass is 9.87. The van der Waals surface area contributed by atoms with E-state index in [1.165, 1.54) is 36.9 Å². The minimum atomic E-state index is 0.715. The van der Waals surface area contributed by atoms with Gasteiger partial charge < -0.3 is 10.1 Å². The van der Waals surface area contributed by atoms with Crippen LogP contribution in [-0.4, -0.2) is 20.2 Å². The van der Waals surface area contributed by atoms with E-state index in [9.17, 15) is 0 Å². The molecule has 1 saturated heterocycles. The number of benzene rings is 1. The highest BCUT2D eigenvalue weighted by Gasteiger charge is 2.31. The topological polar surface area (TPSA) is 21.3 Å². The summed E-state index contributed by atoms with van der Waals surface area (Å²) in [6, 6.07) is 6.61. The van der Waals surface area contributed by atoms with E-state index in [2.05, 4.69) is 23.5 Å². The predicted octanol–water partition coefficient (Wildman–Crippen LogP) is 2.33. The second-order valence-corrected chi connectivity index (χ2v) is 4.98. The molecule has 0 amide bonds. The number of aryl methyl sites for hydroxylation is 1. The van der Waals surface area contributed by atoms with Crippen LogP contribution < -0.4 is 10.1 Å². The molecular formula is C14H19NO. The van der Waals surface area contributed by atoms with Crippen LogP contribution in [0.25, 0.3) is 0 Å². The highest BCUT2D eigenvalue weighted by atomic mass is 16.5. The van der Waals surface area contributed by atoms with Crippen molar-refractivity contribution in [1.29, 1.82) is 0 Å². The zero-order chi connectivity index (χ0) is 11.0. The molecule has 1 aliphatic heterocycles. The van der Waals surface area contributed by atoms with Gasteiger partial charge in [0.2, 0.25) is 0 Å². The molecule has 1 heterocycles. The molecular weight excluding hydrogens is 198 g/mol. The number of ether oxygens (including phenoxy) is 1. The van der Waals surface area contributed by atoms with Crippen molar-refractivity contribution in [2.24, 2.45) is 5.92 Å². The molecule has 0 radical (unpaired) electrons. The van der Waals surface area contributed by atoms with E-state index < -0.39 is 0 Å². The van der Waals surface area contributed by atoms with Crippen molar-refractivity contribution in [3.8, 4) is 5.75 Å². The molecule has 2 nitrogen and oxygen atoms in total. The molecule has 2 heteroatoms. The Labute approximate surface area is 97.0 Å². The Balaban J connectivity index is 2.03. The molecule has 16 heavy (non-hydrogen) atoms. The molecule has 1 aromatic rings. The summed E-state index contributed by atoms with van der Waals surface area (Å²) in [4.78, 5) is 0. The fourth-order valence-electron chi connectivity index (χ4n) is 3.23. The summed E-state index contributed by atoms with van der Waals surface area (Å²) in [6.45, 7) is 2.34. The summed E-state index contributed by atoms with van der Waals surface area (Å²) in [6.07, 6.45) is 3.95. The third-order valence-electron chi connectivity index (χ3n) is 4.11. The second-order valence-electron chi connectivity index (χ2n) is 4.98. The van der Waals surface area contributed by atoms with Crippen molar-refractivity contribution in [2.75, 3.05) is 20.2 Å².